The number of aromatic nitrogens is 1. The molecule has 2 rings (SSSR count). The van der Waals surface area contributed by atoms with Crippen LogP contribution in [0.1, 0.15) is 28.4 Å². The van der Waals surface area contributed by atoms with Crippen LogP contribution in [0.15, 0.2) is 42.7 Å². The van der Waals surface area contributed by atoms with Crippen LogP contribution >= 0.6 is 0 Å². The normalized spacial score (nSPS) is 12.4. The van der Waals surface area contributed by atoms with Gasteiger partial charge in [-0.2, -0.15) is 0 Å². The molecule has 0 saturated heterocycles. The van der Waals surface area contributed by atoms with Crippen LogP contribution in [-0.2, 0) is 6.54 Å². The molecule has 0 aliphatic heterocycles. The van der Waals surface area contributed by atoms with Crippen molar-refractivity contribution < 1.29 is 5.11 Å². The van der Waals surface area contributed by atoms with Crippen LogP contribution in [0.5, 0.6) is 0 Å². The number of benzene rings is 1. The lowest BCUT2D eigenvalue weighted by atomic mass is 10.1. The second-order valence-corrected chi connectivity index (χ2v) is 4.85. The summed E-state index contributed by atoms with van der Waals surface area (Å²) in [5.74, 6) is 0. The first kappa shape index (κ1) is 13.7. The lowest BCUT2D eigenvalue weighted by Crippen LogP contribution is -2.21. The van der Waals surface area contributed by atoms with E-state index >= 15 is 0 Å². The quantitative estimate of drug-likeness (QED) is 0.864. The molecule has 2 aromatic rings. The molecule has 0 aliphatic rings. The molecular formula is C16H20N2O. The summed E-state index contributed by atoms with van der Waals surface area (Å²) < 4.78 is 0. The maximum atomic E-state index is 10.0. The van der Waals surface area contributed by atoms with Crippen LogP contribution < -0.4 is 5.32 Å². The van der Waals surface area contributed by atoms with Crippen molar-refractivity contribution in [2.75, 3.05) is 6.54 Å². The Morgan fingerprint density at radius 2 is 1.84 bits per heavy atom. The average molecular weight is 256 g/mol. The molecule has 0 radical (unpaired) electrons. The monoisotopic (exact) mass is 256 g/mol. The summed E-state index contributed by atoms with van der Waals surface area (Å²) in [4.78, 5) is 3.94. The zero-order valence-corrected chi connectivity index (χ0v) is 11.4. The highest BCUT2D eigenvalue weighted by atomic mass is 16.3. The number of aliphatic hydroxyl groups is 1. The minimum atomic E-state index is -0.491. The highest BCUT2D eigenvalue weighted by Crippen LogP contribution is 2.11. The SMILES string of the molecule is Cc1ccc(CNCC(O)c2ccncc2)cc1C. The van der Waals surface area contributed by atoms with E-state index in [1.165, 1.54) is 16.7 Å². The predicted octanol–water partition coefficient (Wildman–Crippen LogP) is 2.52. The van der Waals surface area contributed by atoms with Crippen molar-refractivity contribution in [2.45, 2.75) is 26.5 Å². The number of aryl methyl sites for hydroxylation is 2. The van der Waals surface area contributed by atoms with E-state index in [0.717, 1.165) is 12.1 Å². The van der Waals surface area contributed by atoms with Gasteiger partial charge in [0.05, 0.1) is 6.10 Å². The molecule has 1 unspecified atom stereocenters. The van der Waals surface area contributed by atoms with E-state index in [0.29, 0.717) is 6.54 Å². The molecule has 0 saturated carbocycles. The van der Waals surface area contributed by atoms with Gasteiger partial charge in [-0.05, 0) is 48.2 Å². The van der Waals surface area contributed by atoms with Crippen molar-refractivity contribution in [3.63, 3.8) is 0 Å². The lowest BCUT2D eigenvalue weighted by molar-refractivity contribution is 0.174. The van der Waals surface area contributed by atoms with Crippen LogP contribution in [-0.4, -0.2) is 16.6 Å². The predicted molar refractivity (Wildman–Crippen MR) is 76.8 cm³/mol. The van der Waals surface area contributed by atoms with Crippen LogP contribution in [0.2, 0.25) is 0 Å². The van der Waals surface area contributed by atoms with Gasteiger partial charge < -0.3 is 10.4 Å². The summed E-state index contributed by atoms with van der Waals surface area (Å²) in [5, 5.41) is 13.3. The Hall–Kier alpha value is -1.71. The van der Waals surface area contributed by atoms with Crippen LogP contribution in [0, 0.1) is 13.8 Å². The molecule has 3 nitrogen and oxygen atoms in total. The molecule has 19 heavy (non-hydrogen) atoms. The van der Waals surface area contributed by atoms with Crippen molar-refractivity contribution in [3.05, 3.63) is 65.0 Å². The van der Waals surface area contributed by atoms with Gasteiger partial charge >= 0.3 is 0 Å². The molecule has 3 heteroatoms. The smallest absolute Gasteiger partial charge is 0.0915 e. The van der Waals surface area contributed by atoms with Crippen molar-refractivity contribution in [1.82, 2.24) is 10.3 Å². The largest absolute Gasteiger partial charge is 0.387 e. The molecule has 0 spiro atoms. The Balaban J connectivity index is 1.85. The molecule has 1 aromatic carbocycles. The lowest BCUT2D eigenvalue weighted by Gasteiger charge is -2.12. The Labute approximate surface area is 114 Å². The molecule has 100 valence electrons. The van der Waals surface area contributed by atoms with Crippen LogP contribution in [0.25, 0.3) is 0 Å². The molecule has 0 bridgehead atoms. The fourth-order valence-electron chi connectivity index (χ4n) is 1.97. The first-order valence-electron chi connectivity index (χ1n) is 6.51. The summed E-state index contributed by atoms with van der Waals surface area (Å²) in [7, 11) is 0. The number of hydrogen-bond donors (Lipinski definition) is 2. The average Bonchev–Trinajstić information content (AvgIpc) is 2.43. The molecule has 1 heterocycles. The molecule has 1 atom stereocenters. The van der Waals surface area contributed by atoms with Crippen molar-refractivity contribution >= 4 is 0 Å². The highest BCUT2D eigenvalue weighted by Gasteiger charge is 2.06. The fraction of sp³-hybridized carbons (Fsp3) is 0.312. The van der Waals surface area contributed by atoms with Crippen molar-refractivity contribution in [1.29, 1.82) is 0 Å². The highest BCUT2D eigenvalue weighted by molar-refractivity contribution is 5.29. The molecule has 0 aliphatic carbocycles. The van der Waals surface area contributed by atoms with E-state index in [9.17, 15) is 5.11 Å². The summed E-state index contributed by atoms with van der Waals surface area (Å²) in [6.07, 6.45) is 2.90. The summed E-state index contributed by atoms with van der Waals surface area (Å²) in [6.45, 7) is 5.53. The van der Waals surface area contributed by atoms with E-state index in [2.05, 4.69) is 42.3 Å². The second-order valence-electron chi connectivity index (χ2n) is 4.85. The zero-order valence-electron chi connectivity index (χ0n) is 11.4. The maximum absolute atomic E-state index is 10.0. The first-order valence-corrected chi connectivity index (χ1v) is 6.51. The van der Waals surface area contributed by atoms with Crippen LogP contribution in [0.3, 0.4) is 0 Å². The third-order valence-corrected chi connectivity index (χ3v) is 3.33. The van der Waals surface area contributed by atoms with E-state index in [1.807, 2.05) is 12.1 Å². The molecule has 0 amide bonds. The first-order chi connectivity index (χ1) is 9.16. The van der Waals surface area contributed by atoms with Gasteiger partial charge in [0.2, 0.25) is 0 Å². The Morgan fingerprint density at radius 3 is 2.53 bits per heavy atom. The summed E-state index contributed by atoms with van der Waals surface area (Å²) in [5.41, 5.74) is 4.74. The molecular weight excluding hydrogens is 236 g/mol. The number of rotatable bonds is 5. The maximum Gasteiger partial charge on any atom is 0.0915 e. The summed E-state index contributed by atoms with van der Waals surface area (Å²) >= 11 is 0. The van der Waals surface area contributed by atoms with Gasteiger partial charge in [0.1, 0.15) is 0 Å². The van der Waals surface area contributed by atoms with Crippen molar-refractivity contribution in [3.8, 4) is 0 Å². The zero-order chi connectivity index (χ0) is 13.7. The molecule has 1 aromatic heterocycles. The van der Waals surface area contributed by atoms with Gasteiger partial charge in [0, 0.05) is 25.5 Å². The van der Waals surface area contributed by atoms with Gasteiger partial charge in [0.15, 0.2) is 0 Å². The van der Waals surface area contributed by atoms with Gasteiger partial charge in [-0.25, -0.2) is 0 Å². The Bertz CT molecular complexity index is 526. The minimum Gasteiger partial charge on any atom is -0.387 e. The minimum absolute atomic E-state index is 0.491. The van der Waals surface area contributed by atoms with E-state index in [1.54, 1.807) is 12.4 Å². The summed E-state index contributed by atoms with van der Waals surface area (Å²) in [6, 6.07) is 10.1. The van der Waals surface area contributed by atoms with E-state index < -0.39 is 6.10 Å². The topological polar surface area (TPSA) is 45.1 Å². The van der Waals surface area contributed by atoms with E-state index in [4.69, 9.17) is 0 Å². The number of pyridine rings is 1. The Morgan fingerprint density at radius 1 is 1.11 bits per heavy atom. The van der Waals surface area contributed by atoms with Gasteiger partial charge in [-0.15, -0.1) is 0 Å². The number of nitrogens with one attached hydrogen (secondary N) is 1. The van der Waals surface area contributed by atoms with E-state index in [-0.39, 0.29) is 0 Å². The molecule has 2 N–H and O–H groups in total. The number of hydrogen-bond acceptors (Lipinski definition) is 3. The third-order valence-electron chi connectivity index (χ3n) is 3.33. The third kappa shape index (κ3) is 3.88. The van der Waals surface area contributed by atoms with Gasteiger partial charge in [-0.1, -0.05) is 18.2 Å². The molecule has 0 fully saturated rings. The van der Waals surface area contributed by atoms with Gasteiger partial charge in [-0.3, -0.25) is 4.98 Å². The van der Waals surface area contributed by atoms with Crippen LogP contribution in [0.4, 0.5) is 0 Å². The number of aliphatic hydroxyl groups excluding tert-OH is 1. The second kappa shape index (κ2) is 6.45. The van der Waals surface area contributed by atoms with Crippen molar-refractivity contribution in [2.24, 2.45) is 0 Å². The van der Waals surface area contributed by atoms with Gasteiger partial charge in [0.25, 0.3) is 0 Å². The Kier molecular flexibility index (Phi) is 4.66. The standard InChI is InChI=1S/C16H20N2O/c1-12-3-4-14(9-13(12)2)10-18-11-16(19)15-5-7-17-8-6-15/h3-9,16,18-19H,10-11H2,1-2H3. The number of nitrogens with zero attached hydrogens (tertiary/aromatic N) is 1. The fourth-order valence-corrected chi connectivity index (χ4v) is 1.97.